The Bertz CT molecular complexity index is 1070. The van der Waals surface area contributed by atoms with Crippen LogP contribution in [0.25, 0.3) is 0 Å². The van der Waals surface area contributed by atoms with E-state index in [-0.39, 0.29) is 8.07 Å². The first-order valence-corrected chi connectivity index (χ1v) is 17.1. The van der Waals surface area contributed by atoms with Crippen LogP contribution in [0.15, 0.2) is 94.3 Å². The average Bonchev–Trinajstić information content (AvgIpc) is 3.62. The van der Waals surface area contributed by atoms with Gasteiger partial charge in [-0.25, -0.2) is 0 Å². The smallest absolute Gasteiger partial charge is 0.0335 e. The maximum absolute atomic E-state index is 3.02. The molecule has 0 radical (unpaired) electrons. The summed E-state index contributed by atoms with van der Waals surface area (Å²) in [6.45, 7) is 3.54. The van der Waals surface area contributed by atoms with E-state index >= 15 is 0 Å². The molecule has 3 atom stereocenters. The summed E-state index contributed by atoms with van der Waals surface area (Å²) in [6, 6.07) is 27.5. The molecule has 1 nitrogen and oxygen atoms in total. The number of thiophene rings is 2. The first-order chi connectivity index (χ1) is 16.8. The lowest BCUT2D eigenvalue weighted by atomic mass is 9.93. The zero-order valence-corrected chi connectivity index (χ0v) is 23.2. The molecule has 3 heterocycles. The molecule has 1 fully saturated rings. The van der Waals surface area contributed by atoms with Crippen LogP contribution in [0.1, 0.15) is 55.3 Å². The van der Waals surface area contributed by atoms with Gasteiger partial charge in [0.15, 0.2) is 0 Å². The van der Waals surface area contributed by atoms with Crippen LogP contribution in [0.2, 0.25) is 0 Å². The van der Waals surface area contributed by atoms with Crippen molar-refractivity contribution in [3.05, 3.63) is 105 Å². The molecule has 34 heavy (non-hydrogen) atoms. The van der Waals surface area contributed by atoms with Gasteiger partial charge < -0.3 is 0 Å². The van der Waals surface area contributed by atoms with Crippen molar-refractivity contribution in [3.63, 3.8) is 0 Å². The number of nitrogens with zero attached hydrogens (tertiary/aromatic N) is 1. The molecule has 2 aromatic carbocycles. The topological polar surface area (TPSA) is 3.24 Å². The third-order valence-corrected chi connectivity index (χ3v) is 14.8. The first-order valence-electron chi connectivity index (χ1n) is 12.3. The van der Waals surface area contributed by atoms with Gasteiger partial charge in [0, 0.05) is 30.9 Å². The minimum Gasteiger partial charge on any atom is -0.252 e. The second kappa shape index (κ2) is 12.1. The largest absolute Gasteiger partial charge is 0.252 e. The molecule has 176 valence electrons. The highest BCUT2D eigenvalue weighted by molar-refractivity contribution is 7.79. The van der Waals surface area contributed by atoms with Gasteiger partial charge in [0.25, 0.3) is 0 Å². The lowest BCUT2D eigenvalue weighted by molar-refractivity contribution is 0.558. The highest BCUT2D eigenvalue weighted by atomic mass is 32.1. The molecule has 0 aliphatic carbocycles. The number of hydrogen-bond donors (Lipinski definition) is 0. The molecule has 0 spiro atoms. The van der Waals surface area contributed by atoms with Gasteiger partial charge in [0.1, 0.15) is 0 Å². The predicted molar refractivity (Wildman–Crippen MR) is 156 cm³/mol. The highest BCUT2D eigenvalue weighted by Gasteiger charge is 2.39. The molecule has 1 unspecified atom stereocenters. The monoisotopic (exact) mass is 521 g/mol. The molecule has 4 aromatic rings. The Hall–Kier alpha value is -1.34. The Balaban J connectivity index is 1.57. The van der Waals surface area contributed by atoms with Gasteiger partial charge in [-0.15, -0.1) is 0 Å². The van der Waals surface area contributed by atoms with Crippen molar-refractivity contribution in [2.45, 2.75) is 44.2 Å². The Morgan fingerprint density at radius 3 is 2.00 bits per heavy atom. The fraction of sp³-hybridized carbons (Fsp3) is 0.310. The molecule has 0 N–H and O–H groups in total. The molecule has 0 bridgehead atoms. The number of rotatable bonds is 9. The quantitative estimate of drug-likeness (QED) is 0.199. The third-order valence-electron chi connectivity index (χ3n) is 6.75. The Labute approximate surface area is 215 Å². The maximum Gasteiger partial charge on any atom is 0.0335 e. The molecular formula is C29H33NP2S2. The number of benzene rings is 2. The molecule has 2 aromatic heterocycles. The summed E-state index contributed by atoms with van der Waals surface area (Å²) in [5.41, 5.74) is 3.73. The first kappa shape index (κ1) is 24.4. The van der Waals surface area contributed by atoms with Crippen LogP contribution >= 0.6 is 38.8 Å². The molecule has 0 amide bonds. The molecule has 5 rings (SSSR count). The molecular weight excluding hydrogens is 488 g/mol. The van der Waals surface area contributed by atoms with E-state index in [0.29, 0.717) is 11.6 Å². The standard InChI is InChI=1S/C29H33NP2S2/c1-2-3-18-30(32(27-16-19-33-22-27)28-17-20-34-23-28)31-21-26(24-10-6-4-7-11-24)14-15-29(31)25-12-8-5-9-13-25/h4-13,16-17,19-20,22-23,26,29H,2-3,14-15,18,21H2,1H3/t26-,29+,31?/m0/s1. The highest BCUT2D eigenvalue weighted by Crippen LogP contribution is 2.68. The van der Waals surface area contributed by atoms with E-state index in [9.17, 15) is 0 Å². The van der Waals surface area contributed by atoms with Crippen molar-refractivity contribution in [3.8, 4) is 0 Å². The summed E-state index contributed by atoms with van der Waals surface area (Å²) in [4.78, 5) is 0. The average molecular weight is 522 g/mol. The minimum absolute atomic E-state index is 0.327. The van der Waals surface area contributed by atoms with Crippen LogP contribution < -0.4 is 10.6 Å². The van der Waals surface area contributed by atoms with Crippen molar-refractivity contribution in [2.24, 2.45) is 0 Å². The van der Waals surface area contributed by atoms with E-state index < -0.39 is 8.07 Å². The SMILES string of the molecule is CCCCN(P(c1ccsc1)c1ccsc1)P1C[C@@H](c2ccccc2)CC[C@@H]1c1ccccc1. The predicted octanol–water partition coefficient (Wildman–Crippen LogP) is 8.98. The van der Waals surface area contributed by atoms with E-state index in [1.807, 2.05) is 22.7 Å². The van der Waals surface area contributed by atoms with Crippen molar-refractivity contribution in [1.29, 1.82) is 0 Å². The Morgan fingerprint density at radius 2 is 1.44 bits per heavy atom. The van der Waals surface area contributed by atoms with Crippen LogP contribution in [0.5, 0.6) is 0 Å². The van der Waals surface area contributed by atoms with E-state index in [0.717, 1.165) is 0 Å². The summed E-state index contributed by atoms with van der Waals surface area (Å²) in [5, 5.41) is 12.4. The van der Waals surface area contributed by atoms with Crippen LogP contribution in [0.3, 0.4) is 0 Å². The summed E-state index contributed by atoms with van der Waals surface area (Å²) >= 11 is 3.70. The Kier molecular flexibility index (Phi) is 8.65. The van der Waals surface area contributed by atoms with Crippen molar-refractivity contribution < 1.29 is 0 Å². The zero-order chi connectivity index (χ0) is 23.2. The normalized spacial score (nSPS) is 20.7. The lowest BCUT2D eigenvalue weighted by Gasteiger charge is -2.46. The van der Waals surface area contributed by atoms with Gasteiger partial charge in [0.2, 0.25) is 0 Å². The fourth-order valence-corrected chi connectivity index (χ4v) is 14.1. The zero-order valence-electron chi connectivity index (χ0n) is 19.8. The van der Waals surface area contributed by atoms with E-state index in [4.69, 9.17) is 0 Å². The van der Waals surface area contributed by atoms with Crippen LogP contribution in [0, 0.1) is 0 Å². The Morgan fingerprint density at radius 1 is 0.824 bits per heavy atom. The van der Waals surface area contributed by atoms with Gasteiger partial charge in [-0.3, -0.25) is 4.44 Å². The van der Waals surface area contributed by atoms with Crippen molar-refractivity contribution in [1.82, 2.24) is 4.44 Å². The van der Waals surface area contributed by atoms with Crippen LogP contribution in [-0.2, 0) is 0 Å². The van der Waals surface area contributed by atoms with E-state index in [1.165, 1.54) is 54.6 Å². The van der Waals surface area contributed by atoms with Gasteiger partial charge in [0.05, 0.1) is 0 Å². The van der Waals surface area contributed by atoms with E-state index in [1.54, 1.807) is 5.56 Å². The van der Waals surface area contributed by atoms with Crippen molar-refractivity contribution in [2.75, 3.05) is 12.7 Å². The van der Waals surface area contributed by atoms with Gasteiger partial charge in [-0.05, 0) is 84.2 Å². The number of unbranched alkanes of at least 4 members (excludes halogenated alkanes) is 1. The van der Waals surface area contributed by atoms with Crippen LogP contribution in [-0.4, -0.2) is 17.1 Å². The minimum atomic E-state index is -0.497. The second-order valence-electron chi connectivity index (χ2n) is 8.96. The summed E-state index contributed by atoms with van der Waals surface area (Å²) in [6.07, 6.45) is 6.39. The molecule has 1 saturated heterocycles. The molecule has 5 heteroatoms. The van der Waals surface area contributed by atoms with Crippen molar-refractivity contribution >= 4 is 49.4 Å². The molecule has 1 aliphatic rings. The van der Waals surface area contributed by atoms with Gasteiger partial charge in [-0.2, -0.15) is 22.7 Å². The number of hydrogen-bond acceptors (Lipinski definition) is 3. The fourth-order valence-electron chi connectivity index (χ4n) is 5.03. The van der Waals surface area contributed by atoms with Gasteiger partial charge >= 0.3 is 0 Å². The van der Waals surface area contributed by atoms with E-state index in [2.05, 4.69) is 106 Å². The summed E-state index contributed by atoms with van der Waals surface area (Å²) < 4.78 is 3.02. The summed E-state index contributed by atoms with van der Waals surface area (Å²) in [5.74, 6) is 0.665. The molecule has 1 aliphatic heterocycles. The maximum atomic E-state index is 3.02. The second-order valence-corrected chi connectivity index (χ2v) is 15.3. The molecule has 0 saturated carbocycles. The van der Waals surface area contributed by atoms with Gasteiger partial charge in [-0.1, -0.05) is 74.0 Å². The third kappa shape index (κ3) is 5.56. The lowest BCUT2D eigenvalue weighted by Crippen LogP contribution is -2.30. The summed E-state index contributed by atoms with van der Waals surface area (Å²) in [7, 11) is -0.823. The van der Waals surface area contributed by atoms with Crippen LogP contribution in [0.4, 0.5) is 0 Å².